The zero-order chi connectivity index (χ0) is 16.2. The van der Waals surface area contributed by atoms with Crippen molar-refractivity contribution in [2.24, 2.45) is 5.92 Å². The highest BCUT2D eigenvalue weighted by Gasteiger charge is 2.32. The van der Waals surface area contributed by atoms with Gasteiger partial charge in [-0.05, 0) is 45.2 Å². The van der Waals surface area contributed by atoms with Crippen LogP contribution in [0.15, 0.2) is 18.2 Å². The Balaban J connectivity index is 1.76. The average molecular weight is 326 g/mol. The van der Waals surface area contributed by atoms with Crippen LogP contribution in [0.3, 0.4) is 0 Å². The molecule has 0 unspecified atom stereocenters. The van der Waals surface area contributed by atoms with Gasteiger partial charge in [-0.1, -0.05) is 23.7 Å². The van der Waals surface area contributed by atoms with Gasteiger partial charge in [0, 0.05) is 12.5 Å². The van der Waals surface area contributed by atoms with E-state index in [-0.39, 0.29) is 17.4 Å². The van der Waals surface area contributed by atoms with Crippen LogP contribution in [0.4, 0.5) is 0 Å². The summed E-state index contributed by atoms with van der Waals surface area (Å²) < 4.78 is 11.3. The van der Waals surface area contributed by atoms with Crippen LogP contribution in [0.25, 0.3) is 0 Å². The first-order valence-electron chi connectivity index (χ1n) is 7.69. The van der Waals surface area contributed by atoms with Crippen molar-refractivity contribution < 1.29 is 14.3 Å². The highest BCUT2D eigenvalue weighted by Crippen LogP contribution is 2.29. The molecule has 5 heteroatoms. The summed E-state index contributed by atoms with van der Waals surface area (Å²) in [5, 5.41) is 3.53. The molecule has 1 fully saturated rings. The third-order valence-electron chi connectivity index (χ3n) is 3.88. The Kier molecular flexibility index (Phi) is 5.70. The average Bonchev–Trinajstić information content (AvgIpc) is 2.44. The van der Waals surface area contributed by atoms with Crippen LogP contribution in [-0.2, 0) is 9.53 Å². The minimum absolute atomic E-state index is 0.0193. The van der Waals surface area contributed by atoms with Crippen LogP contribution in [0.1, 0.15) is 32.3 Å². The van der Waals surface area contributed by atoms with Crippen molar-refractivity contribution in [3.8, 4) is 5.75 Å². The molecule has 0 saturated carbocycles. The molecule has 1 amide bonds. The van der Waals surface area contributed by atoms with Gasteiger partial charge in [-0.15, -0.1) is 0 Å². The standard InChI is InChI=1S/C17H24ClNO3/c1-12-5-4-6-14(18)15(12)21-10-8-19-16(20)13-7-9-22-17(2,3)11-13/h4-6,13H,7-11H2,1-3H3,(H,19,20)/t13-/m1/s1. The molecule has 1 aromatic rings. The molecule has 1 N–H and O–H groups in total. The van der Waals surface area contributed by atoms with Gasteiger partial charge < -0.3 is 14.8 Å². The zero-order valence-corrected chi connectivity index (χ0v) is 14.2. The zero-order valence-electron chi connectivity index (χ0n) is 13.4. The summed E-state index contributed by atoms with van der Waals surface area (Å²) in [6, 6.07) is 5.63. The summed E-state index contributed by atoms with van der Waals surface area (Å²) in [4.78, 5) is 12.2. The molecular formula is C17H24ClNO3. The second-order valence-corrected chi connectivity index (χ2v) is 6.73. The van der Waals surface area contributed by atoms with E-state index in [2.05, 4.69) is 5.32 Å². The number of hydrogen-bond acceptors (Lipinski definition) is 3. The smallest absolute Gasteiger partial charge is 0.223 e. The van der Waals surface area contributed by atoms with Crippen molar-refractivity contribution in [3.63, 3.8) is 0 Å². The Morgan fingerprint density at radius 1 is 1.50 bits per heavy atom. The molecule has 0 bridgehead atoms. The van der Waals surface area contributed by atoms with Crippen LogP contribution in [0.5, 0.6) is 5.75 Å². The summed E-state index contributed by atoms with van der Waals surface area (Å²) in [6.07, 6.45) is 1.53. The highest BCUT2D eigenvalue weighted by molar-refractivity contribution is 6.32. The number of aryl methyl sites for hydroxylation is 1. The molecule has 0 aromatic heterocycles. The highest BCUT2D eigenvalue weighted by atomic mass is 35.5. The predicted molar refractivity (Wildman–Crippen MR) is 87.4 cm³/mol. The molecule has 1 saturated heterocycles. The molecular weight excluding hydrogens is 302 g/mol. The van der Waals surface area contributed by atoms with E-state index in [4.69, 9.17) is 21.1 Å². The second-order valence-electron chi connectivity index (χ2n) is 6.32. The van der Waals surface area contributed by atoms with Crippen molar-refractivity contribution in [3.05, 3.63) is 28.8 Å². The number of benzene rings is 1. The number of carbonyl (C=O) groups excluding carboxylic acids is 1. The van der Waals surface area contributed by atoms with Gasteiger partial charge >= 0.3 is 0 Å². The SMILES string of the molecule is Cc1cccc(Cl)c1OCCNC(=O)[C@@H]1CCOC(C)(C)C1. The summed E-state index contributed by atoms with van der Waals surface area (Å²) in [5.74, 6) is 0.785. The van der Waals surface area contributed by atoms with Gasteiger partial charge in [0.25, 0.3) is 0 Å². The molecule has 1 aromatic carbocycles. The first-order valence-corrected chi connectivity index (χ1v) is 8.06. The third kappa shape index (κ3) is 4.62. The lowest BCUT2D eigenvalue weighted by molar-refractivity contribution is -0.135. The van der Waals surface area contributed by atoms with Crippen molar-refractivity contribution in [1.82, 2.24) is 5.32 Å². The largest absolute Gasteiger partial charge is 0.490 e. The molecule has 1 atom stereocenters. The summed E-state index contributed by atoms with van der Waals surface area (Å²) in [5.41, 5.74) is 0.774. The van der Waals surface area contributed by atoms with Gasteiger partial charge in [-0.25, -0.2) is 0 Å². The van der Waals surface area contributed by atoms with Gasteiger partial charge in [0.1, 0.15) is 12.4 Å². The number of amides is 1. The molecule has 4 nitrogen and oxygen atoms in total. The molecule has 122 valence electrons. The Labute approximate surface area is 137 Å². The number of para-hydroxylation sites is 1. The number of rotatable bonds is 5. The summed E-state index contributed by atoms with van der Waals surface area (Å²) >= 11 is 6.10. The van der Waals surface area contributed by atoms with E-state index < -0.39 is 0 Å². The fourth-order valence-corrected chi connectivity index (χ4v) is 3.00. The second kappa shape index (κ2) is 7.34. The Morgan fingerprint density at radius 2 is 2.27 bits per heavy atom. The quantitative estimate of drug-likeness (QED) is 0.845. The normalized spacial score (nSPS) is 20.5. The van der Waals surface area contributed by atoms with Crippen molar-refractivity contribution in [2.75, 3.05) is 19.8 Å². The first-order chi connectivity index (χ1) is 10.4. The Hall–Kier alpha value is -1.26. The lowest BCUT2D eigenvalue weighted by atomic mass is 9.88. The minimum atomic E-state index is -0.217. The number of ether oxygens (including phenoxy) is 2. The molecule has 1 heterocycles. The molecule has 0 spiro atoms. The van der Waals surface area contributed by atoms with E-state index in [0.717, 1.165) is 18.4 Å². The summed E-state index contributed by atoms with van der Waals surface area (Å²) in [7, 11) is 0. The first kappa shape index (κ1) is 17.1. The topological polar surface area (TPSA) is 47.6 Å². The summed E-state index contributed by atoms with van der Waals surface area (Å²) in [6.45, 7) is 7.51. The van der Waals surface area contributed by atoms with E-state index in [1.54, 1.807) is 6.07 Å². The van der Waals surface area contributed by atoms with Crippen molar-refractivity contribution in [2.45, 2.75) is 39.2 Å². The lowest BCUT2D eigenvalue weighted by Gasteiger charge is -2.34. The van der Waals surface area contributed by atoms with E-state index in [9.17, 15) is 4.79 Å². The number of nitrogens with one attached hydrogen (secondary N) is 1. The van der Waals surface area contributed by atoms with Crippen LogP contribution in [0.2, 0.25) is 5.02 Å². The van der Waals surface area contributed by atoms with Gasteiger partial charge in [0.05, 0.1) is 17.2 Å². The number of halogens is 1. The van der Waals surface area contributed by atoms with Crippen LogP contribution in [0, 0.1) is 12.8 Å². The Bertz CT molecular complexity index is 510. The maximum absolute atomic E-state index is 12.2. The minimum Gasteiger partial charge on any atom is -0.490 e. The molecule has 1 aliphatic rings. The van der Waals surface area contributed by atoms with Crippen molar-refractivity contribution in [1.29, 1.82) is 0 Å². The van der Waals surface area contributed by atoms with E-state index >= 15 is 0 Å². The van der Waals surface area contributed by atoms with Crippen LogP contribution < -0.4 is 10.1 Å². The molecule has 2 rings (SSSR count). The van der Waals surface area contributed by atoms with Gasteiger partial charge in [-0.3, -0.25) is 4.79 Å². The maximum atomic E-state index is 12.2. The maximum Gasteiger partial charge on any atom is 0.223 e. The van der Waals surface area contributed by atoms with Gasteiger partial charge in [0.15, 0.2) is 0 Å². The van der Waals surface area contributed by atoms with Gasteiger partial charge in [0.2, 0.25) is 5.91 Å². The molecule has 1 aliphatic heterocycles. The lowest BCUT2D eigenvalue weighted by Crippen LogP contribution is -2.42. The fourth-order valence-electron chi connectivity index (χ4n) is 2.73. The monoisotopic (exact) mass is 325 g/mol. The molecule has 0 aliphatic carbocycles. The van der Waals surface area contributed by atoms with E-state index in [0.29, 0.717) is 30.5 Å². The van der Waals surface area contributed by atoms with Gasteiger partial charge in [-0.2, -0.15) is 0 Å². The number of carbonyl (C=O) groups is 1. The van der Waals surface area contributed by atoms with Crippen LogP contribution in [-0.4, -0.2) is 31.3 Å². The fraction of sp³-hybridized carbons (Fsp3) is 0.588. The number of hydrogen-bond donors (Lipinski definition) is 1. The van der Waals surface area contributed by atoms with Crippen molar-refractivity contribution >= 4 is 17.5 Å². The predicted octanol–water partition coefficient (Wildman–Crippen LogP) is 3.35. The third-order valence-corrected chi connectivity index (χ3v) is 4.18. The van der Waals surface area contributed by atoms with E-state index in [1.807, 2.05) is 32.9 Å². The Morgan fingerprint density at radius 3 is 2.95 bits per heavy atom. The molecule has 0 radical (unpaired) electrons. The van der Waals surface area contributed by atoms with Crippen LogP contribution >= 0.6 is 11.6 Å². The molecule has 22 heavy (non-hydrogen) atoms. The van der Waals surface area contributed by atoms with E-state index in [1.165, 1.54) is 0 Å².